The molecule has 0 aliphatic carbocycles. The Bertz CT molecular complexity index is 634. The fraction of sp³-hybridized carbons (Fsp3) is 0.294. The van der Waals surface area contributed by atoms with E-state index in [9.17, 15) is 4.79 Å². The number of ketones is 1. The van der Waals surface area contributed by atoms with E-state index in [0.717, 1.165) is 35.5 Å². The smallest absolute Gasteiger partial charge is 0.162 e. The first-order valence-electron chi connectivity index (χ1n) is 7.14. The molecular formula is C17H18N2O2. The maximum absolute atomic E-state index is 12.2. The summed E-state index contributed by atoms with van der Waals surface area (Å²) in [5.41, 5.74) is 3.57. The minimum atomic E-state index is 0.0674. The Kier molecular flexibility index (Phi) is 3.97. The molecule has 1 fully saturated rings. The van der Waals surface area contributed by atoms with Crippen molar-refractivity contribution in [2.45, 2.75) is 6.92 Å². The molecule has 1 aromatic heterocycles. The number of morpholine rings is 1. The second-order valence-corrected chi connectivity index (χ2v) is 5.10. The van der Waals surface area contributed by atoms with E-state index in [2.05, 4.69) is 9.88 Å². The Labute approximate surface area is 124 Å². The van der Waals surface area contributed by atoms with E-state index in [1.54, 1.807) is 19.3 Å². The standard InChI is InChI=1S/C17H18N2O2/c1-13(20)17-15(14-5-3-2-4-6-14)11-18-12-16(17)19-7-9-21-10-8-19/h2-6,11-12H,7-10H2,1H3. The van der Waals surface area contributed by atoms with Crippen LogP contribution in [0.3, 0.4) is 0 Å². The zero-order valence-electron chi connectivity index (χ0n) is 12.1. The molecule has 1 saturated heterocycles. The molecule has 0 bridgehead atoms. The molecule has 1 aliphatic heterocycles. The third-order valence-electron chi connectivity index (χ3n) is 3.71. The van der Waals surface area contributed by atoms with Crippen molar-refractivity contribution in [3.05, 3.63) is 48.3 Å². The highest BCUT2D eigenvalue weighted by atomic mass is 16.5. The zero-order valence-corrected chi connectivity index (χ0v) is 12.1. The molecule has 1 aromatic carbocycles. The fourth-order valence-electron chi connectivity index (χ4n) is 2.70. The third kappa shape index (κ3) is 2.81. The van der Waals surface area contributed by atoms with Crippen LogP contribution in [-0.2, 0) is 4.74 Å². The molecule has 2 heterocycles. The van der Waals surface area contributed by atoms with Gasteiger partial charge in [-0.05, 0) is 12.5 Å². The number of carbonyl (C=O) groups is 1. The second-order valence-electron chi connectivity index (χ2n) is 5.10. The summed E-state index contributed by atoms with van der Waals surface area (Å²) in [6.45, 7) is 4.58. The van der Waals surface area contributed by atoms with Gasteiger partial charge in [0.1, 0.15) is 0 Å². The average Bonchev–Trinajstić information content (AvgIpc) is 2.55. The predicted octanol–water partition coefficient (Wildman–Crippen LogP) is 2.79. The van der Waals surface area contributed by atoms with Crippen molar-refractivity contribution in [3.8, 4) is 11.1 Å². The van der Waals surface area contributed by atoms with Gasteiger partial charge in [0.05, 0.1) is 30.7 Å². The normalized spacial score (nSPS) is 15.0. The number of nitrogens with zero attached hydrogens (tertiary/aromatic N) is 2. The summed E-state index contributed by atoms with van der Waals surface area (Å²) in [4.78, 5) is 18.7. The summed E-state index contributed by atoms with van der Waals surface area (Å²) in [6.07, 6.45) is 3.56. The molecule has 21 heavy (non-hydrogen) atoms. The fourth-order valence-corrected chi connectivity index (χ4v) is 2.70. The van der Waals surface area contributed by atoms with Crippen LogP contribution in [0.1, 0.15) is 17.3 Å². The quantitative estimate of drug-likeness (QED) is 0.812. The summed E-state index contributed by atoms with van der Waals surface area (Å²) in [6, 6.07) is 9.93. The zero-order chi connectivity index (χ0) is 14.7. The molecule has 0 saturated carbocycles. The summed E-state index contributed by atoms with van der Waals surface area (Å²) >= 11 is 0. The molecule has 0 atom stereocenters. The first-order chi connectivity index (χ1) is 10.3. The highest BCUT2D eigenvalue weighted by molar-refractivity contribution is 6.05. The lowest BCUT2D eigenvalue weighted by Crippen LogP contribution is -2.37. The van der Waals surface area contributed by atoms with E-state index in [-0.39, 0.29) is 5.78 Å². The molecule has 0 N–H and O–H groups in total. The van der Waals surface area contributed by atoms with Crippen LogP contribution < -0.4 is 4.90 Å². The minimum absolute atomic E-state index is 0.0674. The van der Waals surface area contributed by atoms with Crippen LogP contribution in [0.4, 0.5) is 5.69 Å². The van der Waals surface area contributed by atoms with Gasteiger partial charge in [0.25, 0.3) is 0 Å². The number of rotatable bonds is 3. The summed E-state index contributed by atoms with van der Waals surface area (Å²) in [5, 5.41) is 0. The third-order valence-corrected chi connectivity index (χ3v) is 3.71. The molecule has 108 valence electrons. The highest BCUT2D eigenvalue weighted by Crippen LogP contribution is 2.31. The van der Waals surface area contributed by atoms with Gasteiger partial charge in [0.2, 0.25) is 0 Å². The van der Waals surface area contributed by atoms with E-state index < -0.39 is 0 Å². The van der Waals surface area contributed by atoms with Gasteiger partial charge in [0, 0.05) is 24.8 Å². The molecule has 1 aliphatic rings. The molecule has 0 spiro atoms. The average molecular weight is 282 g/mol. The topological polar surface area (TPSA) is 42.4 Å². The van der Waals surface area contributed by atoms with Crippen LogP contribution in [0.15, 0.2) is 42.7 Å². The van der Waals surface area contributed by atoms with E-state index in [1.807, 2.05) is 30.3 Å². The molecule has 4 heteroatoms. The number of ether oxygens (including phenoxy) is 1. The van der Waals surface area contributed by atoms with Crippen LogP contribution in [0.5, 0.6) is 0 Å². The minimum Gasteiger partial charge on any atom is -0.378 e. The lowest BCUT2D eigenvalue weighted by Gasteiger charge is -2.30. The van der Waals surface area contributed by atoms with Crippen LogP contribution in [0.25, 0.3) is 11.1 Å². The Morgan fingerprint density at radius 2 is 1.86 bits per heavy atom. The number of anilines is 1. The van der Waals surface area contributed by atoms with Gasteiger partial charge in [0.15, 0.2) is 5.78 Å². The molecule has 2 aromatic rings. The van der Waals surface area contributed by atoms with Crippen molar-refractivity contribution in [2.75, 3.05) is 31.2 Å². The molecule has 0 unspecified atom stereocenters. The van der Waals surface area contributed by atoms with Crippen LogP contribution >= 0.6 is 0 Å². The summed E-state index contributed by atoms with van der Waals surface area (Å²) < 4.78 is 5.39. The number of hydrogen-bond donors (Lipinski definition) is 0. The van der Waals surface area contributed by atoms with Crippen molar-refractivity contribution in [2.24, 2.45) is 0 Å². The number of hydrogen-bond acceptors (Lipinski definition) is 4. The molecule has 0 amide bonds. The van der Waals surface area contributed by atoms with E-state index >= 15 is 0 Å². The summed E-state index contributed by atoms with van der Waals surface area (Å²) in [5.74, 6) is 0.0674. The summed E-state index contributed by atoms with van der Waals surface area (Å²) in [7, 11) is 0. The van der Waals surface area contributed by atoms with Gasteiger partial charge in [-0.3, -0.25) is 9.78 Å². The van der Waals surface area contributed by atoms with Gasteiger partial charge in [-0.25, -0.2) is 0 Å². The maximum Gasteiger partial charge on any atom is 0.162 e. The Balaban J connectivity index is 2.11. The predicted molar refractivity (Wildman–Crippen MR) is 82.7 cm³/mol. The van der Waals surface area contributed by atoms with Gasteiger partial charge in [-0.15, -0.1) is 0 Å². The van der Waals surface area contributed by atoms with Crippen molar-refractivity contribution in [3.63, 3.8) is 0 Å². The van der Waals surface area contributed by atoms with Crippen molar-refractivity contribution in [1.29, 1.82) is 0 Å². The number of carbonyl (C=O) groups excluding carboxylic acids is 1. The second kappa shape index (κ2) is 6.06. The maximum atomic E-state index is 12.2. The number of pyridine rings is 1. The highest BCUT2D eigenvalue weighted by Gasteiger charge is 2.20. The molecular weight excluding hydrogens is 264 g/mol. The van der Waals surface area contributed by atoms with Gasteiger partial charge in [-0.1, -0.05) is 30.3 Å². The first-order valence-corrected chi connectivity index (χ1v) is 7.14. The number of Topliss-reactive ketones (excluding diaryl/α,β-unsaturated/α-hetero) is 1. The van der Waals surface area contributed by atoms with Crippen LogP contribution in [0, 0.1) is 0 Å². The molecule has 0 radical (unpaired) electrons. The first kappa shape index (κ1) is 13.8. The van der Waals surface area contributed by atoms with Crippen molar-refractivity contribution >= 4 is 11.5 Å². The SMILES string of the molecule is CC(=O)c1c(-c2ccccc2)cncc1N1CCOCC1. The van der Waals surface area contributed by atoms with Gasteiger partial charge < -0.3 is 9.64 Å². The van der Waals surface area contributed by atoms with Crippen LogP contribution in [-0.4, -0.2) is 37.1 Å². The van der Waals surface area contributed by atoms with E-state index in [4.69, 9.17) is 4.74 Å². The van der Waals surface area contributed by atoms with Crippen molar-refractivity contribution in [1.82, 2.24) is 4.98 Å². The lowest BCUT2D eigenvalue weighted by atomic mass is 9.97. The lowest BCUT2D eigenvalue weighted by molar-refractivity contribution is 0.101. The largest absolute Gasteiger partial charge is 0.378 e. The van der Waals surface area contributed by atoms with Crippen LogP contribution in [0.2, 0.25) is 0 Å². The Morgan fingerprint density at radius 3 is 2.52 bits per heavy atom. The Hall–Kier alpha value is -2.20. The number of benzene rings is 1. The number of aromatic nitrogens is 1. The monoisotopic (exact) mass is 282 g/mol. The van der Waals surface area contributed by atoms with Crippen molar-refractivity contribution < 1.29 is 9.53 Å². The molecule has 3 rings (SSSR count). The van der Waals surface area contributed by atoms with Gasteiger partial charge in [-0.2, -0.15) is 0 Å². The molecule has 4 nitrogen and oxygen atoms in total. The van der Waals surface area contributed by atoms with E-state index in [0.29, 0.717) is 13.2 Å². The Morgan fingerprint density at radius 1 is 1.14 bits per heavy atom. The van der Waals surface area contributed by atoms with Gasteiger partial charge >= 0.3 is 0 Å². The van der Waals surface area contributed by atoms with E-state index in [1.165, 1.54) is 0 Å².